The third-order valence-corrected chi connectivity index (χ3v) is 8.17. The zero-order valence-corrected chi connectivity index (χ0v) is 22.5. The van der Waals surface area contributed by atoms with Crippen molar-refractivity contribution in [1.29, 1.82) is 0 Å². The molecule has 3 aliphatic rings. The molecule has 1 fully saturated rings. The third-order valence-electron chi connectivity index (χ3n) is 8.17. The van der Waals surface area contributed by atoms with Crippen LogP contribution < -0.4 is 10.5 Å². The Morgan fingerprint density at radius 1 is 0.875 bits per heavy atom. The van der Waals surface area contributed by atoms with Crippen LogP contribution in [0.15, 0.2) is 119 Å². The van der Waals surface area contributed by atoms with Gasteiger partial charge in [-0.25, -0.2) is 10.0 Å². The van der Waals surface area contributed by atoms with Crippen molar-refractivity contribution in [3.63, 3.8) is 0 Å². The Kier molecular flexibility index (Phi) is 6.05. The molecule has 4 aromatic rings. The Bertz CT molecular complexity index is 1710. The van der Waals surface area contributed by atoms with Gasteiger partial charge in [-0.3, -0.25) is 4.98 Å². The highest BCUT2D eigenvalue weighted by atomic mass is 16.5. The Balaban J connectivity index is 1.26. The van der Waals surface area contributed by atoms with Crippen LogP contribution in [0, 0.1) is 0 Å². The molecule has 0 radical (unpaired) electrons. The van der Waals surface area contributed by atoms with Gasteiger partial charge in [-0.2, -0.15) is 0 Å². The number of hydrogen-bond donors (Lipinski definition) is 1. The third kappa shape index (κ3) is 4.50. The summed E-state index contributed by atoms with van der Waals surface area (Å²) in [5.41, 5.74) is 12.9. The van der Waals surface area contributed by atoms with E-state index in [-0.39, 0.29) is 5.54 Å². The van der Waals surface area contributed by atoms with E-state index in [9.17, 15) is 0 Å². The molecule has 40 heavy (non-hydrogen) atoms. The highest BCUT2D eigenvalue weighted by molar-refractivity contribution is 6.32. The summed E-state index contributed by atoms with van der Waals surface area (Å²) < 4.78 is 6.32. The number of aromatic nitrogens is 1. The van der Waals surface area contributed by atoms with Crippen LogP contribution in [0.25, 0.3) is 16.3 Å². The highest BCUT2D eigenvalue weighted by Gasteiger charge is 2.34. The summed E-state index contributed by atoms with van der Waals surface area (Å²) in [4.78, 5) is 9.48. The van der Waals surface area contributed by atoms with Crippen LogP contribution >= 0.6 is 0 Å². The lowest BCUT2D eigenvalue weighted by Crippen LogP contribution is -2.43. The van der Waals surface area contributed by atoms with Crippen molar-refractivity contribution in [2.45, 2.75) is 44.6 Å². The molecular weight excluding hydrogens is 494 g/mol. The molecule has 0 bridgehead atoms. The Morgan fingerprint density at radius 3 is 2.48 bits per heavy atom. The normalized spacial score (nSPS) is 18.2. The first kappa shape index (κ1) is 24.5. The van der Waals surface area contributed by atoms with Crippen molar-refractivity contribution in [3.05, 3.63) is 126 Å². The van der Waals surface area contributed by atoms with E-state index >= 15 is 0 Å². The number of aliphatic imine (C=N–C) groups is 1. The molecule has 2 N–H and O–H groups in total. The van der Waals surface area contributed by atoms with Crippen LogP contribution in [0.4, 0.5) is 0 Å². The number of fused-ring (bicyclic) bond motifs is 2. The van der Waals surface area contributed by atoms with E-state index in [1.54, 1.807) is 6.20 Å². The molecule has 1 saturated carbocycles. The number of hydrazone groups is 1. The molecule has 198 valence electrons. The lowest BCUT2D eigenvalue weighted by atomic mass is 9.72. The van der Waals surface area contributed by atoms with Gasteiger partial charge >= 0.3 is 0 Å². The molecule has 0 unspecified atom stereocenters. The van der Waals surface area contributed by atoms with Gasteiger partial charge in [0.25, 0.3) is 0 Å². The van der Waals surface area contributed by atoms with E-state index in [2.05, 4.69) is 66.6 Å². The maximum absolute atomic E-state index is 6.60. The minimum Gasteiger partial charge on any atom is -0.441 e. The van der Waals surface area contributed by atoms with Gasteiger partial charge < -0.3 is 10.5 Å². The molecule has 1 aromatic heterocycles. The first-order valence-electron chi connectivity index (χ1n) is 13.9. The van der Waals surface area contributed by atoms with Gasteiger partial charge in [0, 0.05) is 47.1 Å². The summed E-state index contributed by atoms with van der Waals surface area (Å²) in [6, 6.07) is 27.1. The van der Waals surface area contributed by atoms with Crippen LogP contribution in [-0.4, -0.2) is 21.6 Å². The first-order valence-corrected chi connectivity index (χ1v) is 13.9. The van der Waals surface area contributed by atoms with Gasteiger partial charge in [-0.15, -0.1) is 5.10 Å². The van der Waals surface area contributed by atoms with Crippen molar-refractivity contribution >= 4 is 28.0 Å². The van der Waals surface area contributed by atoms with E-state index in [1.165, 1.54) is 12.0 Å². The van der Waals surface area contributed by atoms with Gasteiger partial charge in [0.2, 0.25) is 5.90 Å². The fourth-order valence-electron chi connectivity index (χ4n) is 5.59. The second-order valence-corrected chi connectivity index (χ2v) is 10.9. The number of nitrogens with zero attached hydrogens (tertiary/aromatic N) is 4. The molecule has 2 aliphatic heterocycles. The molecule has 6 heteroatoms. The number of hydrogen-bond acceptors (Lipinski definition) is 6. The second kappa shape index (κ2) is 9.88. The fraction of sp³-hybridized carbons (Fsp3) is 0.206. The summed E-state index contributed by atoms with van der Waals surface area (Å²) in [6.07, 6.45) is 10.5. The number of benzene rings is 3. The number of pyridine rings is 1. The molecule has 6 nitrogen and oxygen atoms in total. The standard InChI is InChI=1S/C34H31N5O/c1-23-8-15-31(40-29-14-11-24-16-19-36-21-27(24)20-29)38-39-22-30(25-6-3-2-4-7-25)32(37-33(23)39)26-9-12-28(13-10-26)34(35)17-5-18-34/h2-4,6-7,9-14,16,19-22H,5,8,15,17-18,35H2,1H3. The van der Waals surface area contributed by atoms with Crippen molar-refractivity contribution in [3.8, 4) is 5.75 Å². The molecule has 0 atom stereocenters. The van der Waals surface area contributed by atoms with Crippen molar-refractivity contribution in [1.82, 2.24) is 9.99 Å². The van der Waals surface area contributed by atoms with E-state index in [4.69, 9.17) is 20.6 Å². The van der Waals surface area contributed by atoms with Gasteiger partial charge in [0.1, 0.15) is 5.75 Å². The van der Waals surface area contributed by atoms with Crippen LogP contribution in [0.5, 0.6) is 5.75 Å². The molecule has 0 saturated heterocycles. The summed E-state index contributed by atoms with van der Waals surface area (Å²) >= 11 is 0. The average molecular weight is 526 g/mol. The van der Waals surface area contributed by atoms with Gasteiger partial charge in [0.05, 0.1) is 5.71 Å². The SMILES string of the molecule is CC1=C2N=C(c3ccc(C4(N)CCC4)cc3)C(c3ccccc3)=CN2N=C(Oc2ccc3ccncc3c2)CC1. The van der Waals surface area contributed by atoms with Crippen molar-refractivity contribution in [2.75, 3.05) is 0 Å². The van der Waals surface area contributed by atoms with Gasteiger partial charge in [-0.05, 0) is 72.9 Å². The summed E-state index contributed by atoms with van der Waals surface area (Å²) in [7, 11) is 0. The fourth-order valence-corrected chi connectivity index (χ4v) is 5.59. The summed E-state index contributed by atoms with van der Waals surface area (Å²) in [6.45, 7) is 2.13. The van der Waals surface area contributed by atoms with E-state index in [0.717, 1.165) is 69.6 Å². The predicted octanol–water partition coefficient (Wildman–Crippen LogP) is 7.14. The minimum absolute atomic E-state index is 0.186. The molecule has 7 rings (SSSR count). The maximum Gasteiger partial charge on any atom is 0.213 e. The lowest BCUT2D eigenvalue weighted by molar-refractivity contribution is 0.253. The van der Waals surface area contributed by atoms with Crippen molar-refractivity contribution in [2.24, 2.45) is 15.8 Å². The van der Waals surface area contributed by atoms with Crippen LogP contribution in [0.1, 0.15) is 55.7 Å². The lowest BCUT2D eigenvalue weighted by Gasteiger charge is -2.38. The first-order chi connectivity index (χ1) is 19.6. The number of nitrogens with two attached hydrogens (primary N) is 1. The predicted molar refractivity (Wildman–Crippen MR) is 161 cm³/mol. The minimum atomic E-state index is -0.186. The molecule has 0 spiro atoms. The summed E-state index contributed by atoms with van der Waals surface area (Å²) in [5.74, 6) is 2.24. The molecule has 0 amide bonds. The zero-order chi connectivity index (χ0) is 27.1. The Morgan fingerprint density at radius 2 is 1.70 bits per heavy atom. The topological polar surface area (TPSA) is 76.1 Å². The smallest absolute Gasteiger partial charge is 0.213 e. The Hall–Kier alpha value is -4.55. The molecule has 1 aliphatic carbocycles. The molecular formula is C34H31N5O. The van der Waals surface area contributed by atoms with Crippen LogP contribution in [0.2, 0.25) is 0 Å². The Labute approximate surface area is 234 Å². The largest absolute Gasteiger partial charge is 0.441 e. The molecule has 3 heterocycles. The highest BCUT2D eigenvalue weighted by Crippen LogP contribution is 2.39. The second-order valence-electron chi connectivity index (χ2n) is 10.9. The van der Waals surface area contributed by atoms with E-state index in [0.29, 0.717) is 12.3 Å². The van der Waals surface area contributed by atoms with Crippen LogP contribution in [0.3, 0.4) is 0 Å². The maximum atomic E-state index is 6.60. The van der Waals surface area contributed by atoms with E-state index in [1.807, 2.05) is 41.5 Å². The van der Waals surface area contributed by atoms with Crippen molar-refractivity contribution < 1.29 is 4.74 Å². The number of allylic oxidation sites excluding steroid dienone is 2. The number of rotatable bonds is 4. The van der Waals surface area contributed by atoms with Gasteiger partial charge in [0.15, 0.2) is 5.82 Å². The zero-order valence-electron chi connectivity index (χ0n) is 22.5. The van der Waals surface area contributed by atoms with E-state index < -0.39 is 0 Å². The quantitative estimate of drug-likeness (QED) is 0.307. The summed E-state index contributed by atoms with van der Waals surface area (Å²) in [5, 5.41) is 8.98. The number of ether oxygens (including phenoxy) is 1. The molecule has 3 aromatic carbocycles. The average Bonchev–Trinajstić information content (AvgIpc) is 3.13. The van der Waals surface area contributed by atoms with Gasteiger partial charge in [-0.1, -0.05) is 60.7 Å². The monoisotopic (exact) mass is 525 g/mol. The van der Waals surface area contributed by atoms with Crippen LogP contribution in [-0.2, 0) is 5.54 Å².